The summed E-state index contributed by atoms with van der Waals surface area (Å²) in [7, 11) is 0. The second-order valence-corrected chi connectivity index (χ2v) is 9.19. The van der Waals surface area contributed by atoms with Crippen LogP contribution in [0.25, 0.3) is 0 Å². The van der Waals surface area contributed by atoms with Gasteiger partial charge in [-0.3, -0.25) is 14.6 Å². The van der Waals surface area contributed by atoms with Crippen LogP contribution in [-0.4, -0.2) is 21.8 Å². The Balaban J connectivity index is 1.69. The van der Waals surface area contributed by atoms with E-state index >= 15 is 0 Å². The molecule has 1 fully saturated rings. The molecule has 35 heavy (non-hydrogen) atoms. The SMILES string of the molecule is O=C1OCc2ccccc2[C@@H]2[C@@H]1C(=O)[C@@]1(O)c3ncc(Cl)cc3O[C@@]21c1ccc(C(F)(F)F)cc1. The summed E-state index contributed by atoms with van der Waals surface area (Å²) in [6, 6.07) is 12.2. The van der Waals surface area contributed by atoms with Crippen LogP contribution in [0.4, 0.5) is 13.2 Å². The number of fused-ring (bicyclic) bond motifs is 7. The molecule has 0 spiro atoms. The van der Waals surface area contributed by atoms with Crippen LogP contribution < -0.4 is 4.74 Å². The summed E-state index contributed by atoms with van der Waals surface area (Å²) >= 11 is 6.08. The van der Waals surface area contributed by atoms with Gasteiger partial charge < -0.3 is 14.6 Å². The third-order valence-electron chi connectivity index (χ3n) is 7.04. The fourth-order valence-electron chi connectivity index (χ4n) is 5.60. The summed E-state index contributed by atoms with van der Waals surface area (Å²) in [6.07, 6.45) is -3.38. The molecule has 0 radical (unpaired) electrons. The van der Waals surface area contributed by atoms with Crippen molar-refractivity contribution in [2.75, 3.05) is 0 Å². The lowest BCUT2D eigenvalue weighted by atomic mass is 9.71. The van der Waals surface area contributed by atoms with Gasteiger partial charge in [0.2, 0.25) is 5.60 Å². The molecule has 10 heteroatoms. The van der Waals surface area contributed by atoms with Crippen molar-refractivity contribution in [1.29, 1.82) is 0 Å². The predicted octanol–water partition coefficient (Wildman–Crippen LogP) is 4.27. The molecule has 0 unspecified atom stereocenters. The third kappa shape index (κ3) is 2.73. The van der Waals surface area contributed by atoms with E-state index in [0.29, 0.717) is 11.1 Å². The Hall–Kier alpha value is -3.43. The molecular formula is C25H15ClF3NO5. The van der Waals surface area contributed by atoms with Crippen molar-refractivity contribution in [3.8, 4) is 5.75 Å². The summed E-state index contributed by atoms with van der Waals surface area (Å²) in [6.45, 7) is -0.103. The van der Waals surface area contributed by atoms with Crippen LogP contribution in [0.15, 0.2) is 60.8 Å². The molecule has 1 N–H and O–H groups in total. The standard InChI is InChI=1S/C25H15ClF3NO5/c26-15-9-17-20(30-10-15)23(33)21(31)18-19(16-4-2-1-3-12(16)11-34-22(18)32)24(23,35-17)13-5-7-14(8-6-13)25(27,28)29/h1-10,18-19,33H,11H2/t18-,19-,23+,24+/m1/s1. The first-order chi connectivity index (χ1) is 16.6. The van der Waals surface area contributed by atoms with Crippen LogP contribution >= 0.6 is 11.6 Å². The Kier molecular flexibility index (Phi) is 4.44. The van der Waals surface area contributed by atoms with Gasteiger partial charge in [0.05, 0.1) is 16.5 Å². The molecule has 1 saturated carbocycles. The van der Waals surface area contributed by atoms with Crippen LogP contribution in [0.2, 0.25) is 5.02 Å². The van der Waals surface area contributed by atoms with Gasteiger partial charge in [0.25, 0.3) is 0 Å². The number of halogens is 4. The van der Waals surface area contributed by atoms with Crippen molar-refractivity contribution < 1.29 is 37.3 Å². The molecular weight excluding hydrogens is 487 g/mol. The number of Topliss-reactive ketones (excluding diaryl/α,β-unsaturated/α-hetero) is 1. The Labute approximate surface area is 201 Å². The molecule has 6 nitrogen and oxygen atoms in total. The molecule has 2 aliphatic heterocycles. The van der Waals surface area contributed by atoms with E-state index in [-0.39, 0.29) is 28.6 Å². The molecule has 0 amide bonds. The molecule has 2 aromatic carbocycles. The highest BCUT2D eigenvalue weighted by Crippen LogP contribution is 2.67. The number of cyclic esters (lactones) is 1. The van der Waals surface area contributed by atoms with Crippen LogP contribution in [-0.2, 0) is 38.3 Å². The molecule has 6 rings (SSSR count). The molecule has 3 heterocycles. The van der Waals surface area contributed by atoms with Gasteiger partial charge in [-0.25, -0.2) is 0 Å². The van der Waals surface area contributed by atoms with Crippen LogP contribution in [0.5, 0.6) is 5.75 Å². The number of aromatic nitrogens is 1. The van der Waals surface area contributed by atoms with Crippen molar-refractivity contribution in [2.45, 2.75) is 29.9 Å². The van der Waals surface area contributed by atoms with E-state index in [9.17, 15) is 27.9 Å². The Morgan fingerprint density at radius 1 is 1.09 bits per heavy atom. The average Bonchev–Trinajstić information content (AvgIpc) is 3.12. The number of hydrogen-bond acceptors (Lipinski definition) is 6. The number of benzene rings is 2. The number of carbonyl (C=O) groups excluding carboxylic acids is 2. The van der Waals surface area contributed by atoms with Gasteiger partial charge >= 0.3 is 12.1 Å². The summed E-state index contributed by atoms with van der Waals surface area (Å²) in [5.41, 5.74) is -4.41. The van der Waals surface area contributed by atoms with Crippen molar-refractivity contribution in [3.05, 3.63) is 93.8 Å². The van der Waals surface area contributed by atoms with Gasteiger partial charge in [-0.15, -0.1) is 0 Å². The zero-order chi connectivity index (χ0) is 24.8. The van der Waals surface area contributed by atoms with Gasteiger partial charge in [-0.2, -0.15) is 13.2 Å². The van der Waals surface area contributed by atoms with Crippen LogP contribution in [0.3, 0.4) is 0 Å². The highest BCUT2D eigenvalue weighted by Gasteiger charge is 2.79. The summed E-state index contributed by atoms with van der Waals surface area (Å²) < 4.78 is 51.6. The summed E-state index contributed by atoms with van der Waals surface area (Å²) in [5, 5.41) is 12.3. The number of nitrogens with zero attached hydrogens (tertiary/aromatic N) is 1. The second kappa shape index (κ2) is 7.05. The molecule has 3 aromatic rings. The topological polar surface area (TPSA) is 85.7 Å². The number of alkyl halides is 3. The first-order valence-electron chi connectivity index (χ1n) is 10.6. The molecule has 4 atom stereocenters. The maximum absolute atomic E-state index is 13.9. The van der Waals surface area contributed by atoms with E-state index in [4.69, 9.17) is 21.1 Å². The van der Waals surface area contributed by atoms with E-state index in [0.717, 1.165) is 24.3 Å². The number of rotatable bonds is 1. The Morgan fingerprint density at radius 2 is 1.80 bits per heavy atom. The van der Waals surface area contributed by atoms with Crippen molar-refractivity contribution >= 4 is 23.4 Å². The van der Waals surface area contributed by atoms with Crippen molar-refractivity contribution in [1.82, 2.24) is 4.98 Å². The van der Waals surface area contributed by atoms with E-state index in [1.807, 2.05) is 0 Å². The van der Waals surface area contributed by atoms with Gasteiger partial charge in [0.1, 0.15) is 24.0 Å². The number of hydrogen-bond donors (Lipinski definition) is 1. The number of esters is 1. The zero-order valence-corrected chi connectivity index (χ0v) is 18.4. The number of aliphatic hydroxyl groups is 1. The fraction of sp³-hybridized carbons (Fsp3) is 0.240. The molecule has 0 bridgehead atoms. The van der Waals surface area contributed by atoms with E-state index in [1.54, 1.807) is 24.3 Å². The second-order valence-electron chi connectivity index (χ2n) is 8.75. The summed E-state index contributed by atoms with van der Waals surface area (Å²) in [5.74, 6) is -4.35. The van der Waals surface area contributed by atoms with E-state index in [2.05, 4.69) is 4.98 Å². The normalized spacial score (nSPS) is 28.8. The number of pyridine rings is 1. The van der Waals surface area contributed by atoms with Crippen LogP contribution in [0, 0.1) is 5.92 Å². The third-order valence-corrected chi connectivity index (χ3v) is 7.24. The molecule has 178 valence electrons. The minimum absolute atomic E-state index is 0.00166. The lowest BCUT2D eigenvalue weighted by molar-refractivity contribution is -0.157. The van der Waals surface area contributed by atoms with Crippen molar-refractivity contribution in [2.24, 2.45) is 5.92 Å². The fourth-order valence-corrected chi connectivity index (χ4v) is 5.74. The Morgan fingerprint density at radius 3 is 2.51 bits per heavy atom. The zero-order valence-electron chi connectivity index (χ0n) is 17.7. The first kappa shape index (κ1) is 22.1. The molecule has 0 saturated heterocycles. The monoisotopic (exact) mass is 501 g/mol. The first-order valence-corrected chi connectivity index (χ1v) is 11.0. The van der Waals surface area contributed by atoms with Gasteiger partial charge in [-0.05, 0) is 28.8 Å². The maximum atomic E-state index is 13.9. The highest BCUT2D eigenvalue weighted by atomic mass is 35.5. The maximum Gasteiger partial charge on any atom is 0.416 e. The largest absolute Gasteiger partial charge is 0.476 e. The minimum Gasteiger partial charge on any atom is -0.476 e. The van der Waals surface area contributed by atoms with Gasteiger partial charge in [0.15, 0.2) is 11.4 Å². The van der Waals surface area contributed by atoms with Gasteiger partial charge in [0, 0.05) is 12.3 Å². The number of ketones is 1. The predicted molar refractivity (Wildman–Crippen MR) is 114 cm³/mol. The average molecular weight is 502 g/mol. The van der Waals surface area contributed by atoms with Gasteiger partial charge in [-0.1, -0.05) is 48.0 Å². The molecule has 1 aromatic heterocycles. The smallest absolute Gasteiger partial charge is 0.416 e. The van der Waals surface area contributed by atoms with E-state index < -0.39 is 46.5 Å². The number of ether oxygens (including phenoxy) is 2. The quantitative estimate of drug-likeness (QED) is 0.396. The van der Waals surface area contributed by atoms with Crippen LogP contribution in [0.1, 0.15) is 33.9 Å². The van der Waals surface area contributed by atoms with E-state index in [1.165, 1.54) is 12.3 Å². The molecule has 1 aliphatic carbocycles. The Bertz CT molecular complexity index is 1410. The molecule has 3 aliphatic rings. The lowest BCUT2D eigenvalue weighted by Gasteiger charge is -2.39. The van der Waals surface area contributed by atoms with Crippen molar-refractivity contribution in [3.63, 3.8) is 0 Å². The minimum atomic E-state index is -4.60. The lowest BCUT2D eigenvalue weighted by Crippen LogP contribution is -2.51. The highest BCUT2D eigenvalue weighted by molar-refractivity contribution is 6.30. The number of carbonyl (C=O) groups is 2. The summed E-state index contributed by atoms with van der Waals surface area (Å²) in [4.78, 5) is 31.1.